The van der Waals surface area contributed by atoms with Gasteiger partial charge in [-0.15, -0.1) is 0 Å². The van der Waals surface area contributed by atoms with Crippen LogP contribution in [0.1, 0.15) is 32.2 Å². The van der Waals surface area contributed by atoms with Crippen molar-refractivity contribution in [1.82, 2.24) is 10.3 Å². The van der Waals surface area contributed by atoms with Crippen molar-refractivity contribution in [2.24, 2.45) is 5.41 Å². The molecule has 0 aliphatic heterocycles. The average Bonchev–Trinajstić information content (AvgIpc) is 2.43. The Hall–Kier alpha value is -1.38. The molecule has 0 atom stereocenters. The highest BCUT2D eigenvalue weighted by atomic mass is 16.6. The Balaban J connectivity index is 2.58. The minimum Gasteiger partial charge on any atom is -0.243 e. The van der Waals surface area contributed by atoms with Crippen molar-refractivity contribution in [1.29, 1.82) is 0 Å². The minimum absolute atomic E-state index is 0.0689. The van der Waals surface area contributed by atoms with E-state index >= 15 is 0 Å². The molecule has 0 fully saturated rings. The van der Waals surface area contributed by atoms with Crippen molar-refractivity contribution in [3.05, 3.63) is 23.5 Å². The summed E-state index contributed by atoms with van der Waals surface area (Å²) in [6.45, 7) is 6.32. The molecule has 0 amide bonds. The Bertz CT molecular complexity index is 385. The van der Waals surface area contributed by atoms with Crippen molar-refractivity contribution in [2.45, 2.75) is 20.8 Å². The Morgan fingerprint density at radius 2 is 2.08 bits per heavy atom. The number of hydrogen-bond donors (Lipinski definition) is 0. The lowest BCUT2D eigenvalue weighted by molar-refractivity contribution is 0.305. The maximum absolute atomic E-state index is 4.67. The normalized spacial score (nSPS) is 19.2. The molecular weight excluding hydrogens is 164 g/mol. The van der Waals surface area contributed by atoms with Crippen LogP contribution in [0.2, 0.25) is 0 Å². The number of nitrogens with zero attached hydrogens (tertiary/aromatic N) is 2. The summed E-state index contributed by atoms with van der Waals surface area (Å²) in [7, 11) is 0. The highest BCUT2D eigenvalue weighted by Crippen LogP contribution is 2.30. The molecule has 13 heavy (non-hydrogen) atoms. The monoisotopic (exact) mass is 176 g/mol. The number of rotatable bonds is 0. The third-order valence-corrected chi connectivity index (χ3v) is 2.15. The molecular formula is C10H12N2O. The van der Waals surface area contributed by atoms with Crippen LogP contribution in [0, 0.1) is 5.41 Å². The third-order valence-electron chi connectivity index (χ3n) is 2.15. The van der Waals surface area contributed by atoms with E-state index < -0.39 is 0 Å². The fourth-order valence-electron chi connectivity index (χ4n) is 1.55. The largest absolute Gasteiger partial charge is 0.243 e. The van der Waals surface area contributed by atoms with Gasteiger partial charge in [-0.25, -0.2) is 4.63 Å². The molecule has 0 spiro atoms. The molecule has 3 nitrogen and oxygen atoms in total. The molecule has 0 radical (unpaired) electrons. The van der Waals surface area contributed by atoms with Crippen molar-refractivity contribution in [2.75, 3.05) is 0 Å². The van der Waals surface area contributed by atoms with Gasteiger partial charge in [0, 0.05) is 5.41 Å². The minimum atomic E-state index is 0.0689. The zero-order valence-electron chi connectivity index (χ0n) is 8.03. The summed E-state index contributed by atoms with van der Waals surface area (Å²) in [5, 5.41) is 7.68. The number of fused-ring (bicyclic) bond motifs is 1. The molecule has 0 N–H and O–H groups in total. The Labute approximate surface area is 77.1 Å². The first-order valence-electron chi connectivity index (χ1n) is 4.30. The van der Waals surface area contributed by atoms with E-state index in [-0.39, 0.29) is 5.41 Å². The number of aromatic nitrogens is 2. The van der Waals surface area contributed by atoms with Crippen LogP contribution in [0.5, 0.6) is 0 Å². The van der Waals surface area contributed by atoms with E-state index in [1.54, 1.807) is 0 Å². The lowest BCUT2D eigenvalue weighted by Gasteiger charge is -2.13. The second-order valence-corrected chi connectivity index (χ2v) is 3.98. The molecule has 1 aliphatic rings. The third kappa shape index (κ3) is 1.41. The molecule has 0 bridgehead atoms. The zero-order chi connectivity index (χ0) is 9.47. The molecule has 1 aromatic heterocycles. The molecule has 0 unspecified atom stereocenters. The highest BCUT2D eigenvalue weighted by molar-refractivity contribution is 5.71. The summed E-state index contributed by atoms with van der Waals surface area (Å²) >= 11 is 0. The van der Waals surface area contributed by atoms with Gasteiger partial charge in [0.2, 0.25) is 0 Å². The van der Waals surface area contributed by atoms with Crippen LogP contribution in [0.4, 0.5) is 0 Å². The van der Waals surface area contributed by atoms with Crippen molar-refractivity contribution in [3.63, 3.8) is 0 Å². The lowest BCUT2D eigenvalue weighted by Crippen LogP contribution is -2.01. The Morgan fingerprint density at radius 3 is 2.85 bits per heavy atom. The van der Waals surface area contributed by atoms with Gasteiger partial charge in [-0.05, 0) is 28.9 Å². The molecule has 1 heterocycles. The molecule has 0 saturated heterocycles. The Morgan fingerprint density at radius 1 is 1.31 bits per heavy atom. The van der Waals surface area contributed by atoms with Gasteiger partial charge in [-0.2, -0.15) is 0 Å². The van der Waals surface area contributed by atoms with E-state index in [2.05, 4.69) is 40.9 Å². The molecule has 68 valence electrons. The smallest absolute Gasteiger partial charge is 0.137 e. The maximum atomic E-state index is 4.67. The number of hydrogen-bond acceptors (Lipinski definition) is 3. The van der Waals surface area contributed by atoms with Gasteiger partial charge in [0.1, 0.15) is 11.4 Å². The van der Waals surface area contributed by atoms with Crippen molar-refractivity contribution >= 4 is 11.6 Å². The average molecular weight is 176 g/mol. The Kier molecular flexibility index (Phi) is 1.62. The summed E-state index contributed by atoms with van der Waals surface area (Å²) in [6, 6.07) is 0. The van der Waals surface area contributed by atoms with Crippen LogP contribution < -0.4 is 0 Å². The van der Waals surface area contributed by atoms with Crippen molar-refractivity contribution in [3.8, 4) is 0 Å². The van der Waals surface area contributed by atoms with E-state index in [9.17, 15) is 0 Å². The molecule has 1 aliphatic carbocycles. The van der Waals surface area contributed by atoms with E-state index in [4.69, 9.17) is 0 Å². The number of allylic oxidation sites excluding steroid dienone is 3. The van der Waals surface area contributed by atoms with Gasteiger partial charge in [-0.1, -0.05) is 26.0 Å². The standard InChI is InChI=1S/C10H12N2O/c1-7-6-10(2,3)5-4-8-9(7)12-13-11-8/h4-6H,1-3H3. The molecule has 0 aromatic carbocycles. The van der Waals surface area contributed by atoms with Crippen LogP contribution in [0.25, 0.3) is 11.6 Å². The molecule has 1 aromatic rings. The first kappa shape index (κ1) is 8.23. The quantitative estimate of drug-likeness (QED) is 0.609. The summed E-state index contributed by atoms with van der Waals surface area (Å²) in [5.41, 5.74) is 2.85. The van der Waals surface area contributed by atoms with Gasteiger partial charge >= 0.3 is 0 Å². The van der Waals surface area contributed by atoms with Gasteiger partial charge in [0.05, 0.1) is 0 Å². The predicted octanol–water partition coefficient (Wildman–Crippen LogP) is 2.53. The van der Waals surface area contributed by atoms with Crippen LogP contribution in [0.3, 0.4) is 0 Å². The van der Waals surface area contributed by atoms with Crippen molar-refractivity contribution < 1.29 is 4.63 Å². The van der Waals surface area contributed by atoms with Crippen LogP contribution in [-0.2, 0) is 0 Å². The topological polar surface area (TPSA) is 38.9 Å². The fraction of sp³-hybridized carbons (Fsp3) is 0.400. The van der Waals surface area contributed by atoms with E-state index in [1.807, 2.05) is 13.0 Å². The fourth-order valence-corrected chi connectivity index (χ4v) is 1.55. The van der Waals surface area contributed by atoms with Crippen LogP contribution >= 0.6 is 0 Å². The summed E-state index contributed by atoms with van der Waals surface area (Å²) < 4.78 is 4.67. The SMILES string of the molecule is CC1=CC(C)(C)C=Cc2nonc21. The van der Waals surface area contributed by atoms with Crippen LogP contribution in [-0.4, -0.2) is 10.3 Å². The summed E-state index contributed by atoms with van der Waals surface area (Å²) in [5.74, 6) is 0. The van der Waals surface area contributed by atoms with Gasteiger partial charge < -0.3 is 0 Å². The van der Waals surface area contributed by atoms with Crippen LogP contribution in [0.15, 0.2) is 16.8 Å². The van der Waals surface area contributed by atoms with Gasteiger partial charge in [0.15, 0.2) is 0 Å². The predicted molar refractivity (Wildman–Crippen MR) is 50.8 cm³/mol. The van der Waals surface area contributed by atoms with E-state index in [1.165, 1.54) is 0 Å². The van der Waals surface area contributed by atoms with E-state index in [0.29, 0.717) is 0 Å². The first-order chi connectivity index (χ1) is 6.08. The van der Waals surface area contributed by atoms with Gasteiger partial charge in [0.25, 0.3) is 0 Å². The second kappa shape index (κ2) is 2.55. The summed E-state index contributed by atoms with van der Waals surface area (Å²) in [4.78, 5) is 0. The highest BCUT2D eigenvalue weighted by Gasteiger charge is 2.19. The van der Waals surface area contributed by atoms with Gasteiger partial charge in [-0.3, -0.25) is 0 Å². The second-order valence-electron chi connectivity index (χ2n) is 3.98. The lowest BCUT2D eigenvalue weighted by atomic mass is 9.91. The maximum Gasteiger partial charge on any atom is 0.137 e. The zero-order valence-corrected chi connectivity index (χ0v) is 8.03. The summed E-state index contributed by atoms with van der Waals surface area (Å²) in [6.07, 6.45) is 6.23. The molecule has 0 saturated carbocycles. The first-order valence-corrected chi connectivity index (χ1v) is 4.30. The van der Waals surface area contributed by atoms with E-state index in [0.717, 1.165) is 17.0 Å². The molecule has 2 rings (SSSR count). The molecule has 3 heteroatoms.